The van der Waals surface area contributed by atoms with E-state index in [0.717, 1.165) is 4.90 Å². The quantitative estimate of drug-likeness (QED) is 0.434. The van der Waals surface area contributed by atoms with Crippen LogP contribution in [0.15, 0.2) is 24.3 Å². The highest BCUT2D eigenvalue weighted by Crippen LogP contribution is 2.22. The van der Waals surface area contributed by atoms with Crippen LogP contribution in [0.25, 0.3) is 0 Å². The summed E-state index contributed by atoms with van der Waals surface area (Å²) in [6, 6.07) is 6.52. The number of carbonyl (C=O) groups is 4. The summed E-state index contributed by atoms with van der Waals surface area (Å²) >= 11 is 0. The van der Waals surface area contributed by atoms with Crippen molar-refractivity contribution in [2.75, 3.05) is 13.7 Å². The molecule has 1 aromatic rings. The third-order valence-corrected chi connectivity index (χ3v) is 3.53. The van der Waals surface area contributed by atoms with Crippen LogP contribution >= 0.6 is 0 Å². The Balaban J connectivity index is 1.85. The van der Waals surface area contributed by atoms with Crippen molar-refractivity contribution in [1.29, 1.82) is 0 Å². The molecule has 0 fully saturated rings. The van der Waals surface area contributed by atoms with Gasteiger partial charge in [-0.3, -0.25) is 24.1 Å². The number of Topliss-reactive ketones (excluding diaryl/α,β-unsaturated/α-hetero) is 1. The first kappa shape index (κ1) is 15.9. The average Bonchev–Trinajstić information content (AvgIpc) is 2.77. The number of methoxy groups -OCH3 is 1. The van der Waals surface area contributed by atoms with Gasteiger partial charge in [0, 0.05) is 12.8 Å². The van der Waals surface area contributed by atoms with Gasteiger partial charge < -0.3 is 4.74 Å². The third kappa shape index (κ3) is 3.39. The Morgan fingerprint density at radius 1 is 1.00 bits per heavy atom. The minimum Gasteiger partial charge on any atom is -0.469 e. The Hall–Kier alpha value is -2.50. The molecule has 116 valence electrons. The highest BCUT2D eigenvalue weighted by Gasteiger charge is 2.35. The number of hydrogen-bond acceptors (Lipinski definition) is 5. The second-order valence-electron chi connectivity index (χ2n) is 5.06. The van der Waals surface area contributed by atoms with E-state index >= 15 is 0 Å². The molecule has 0 atom stereocenters. The fraction of sp³-hybridized carbons (Fsp3) is 0.375. The van der Waals surface area contributed by atoms with Gasteiger partial charge >= 0.3 is 5.97 Å². The fourth-order valence-electron chi connectivity index (χ4n) is 2.33. The van der Waals surface area contributed by atoms with Crippen LogP contribution in [0.5, 0.6) is 0 Å². The first-order chi connectivity index (χ1) is 10.5. The van der Waals surface area contributed by atoms with E-state index in [9.17, 15) is 19.2 Å². The molecule has 6 heteroatoms. The van der Waals surface area contributed by atoms with Gasteiger partial charge in [-0.2, -0.15) is 0 Å². The smallest absolute Gasteiger partial charge is 0.305 e. The van der Waals surface area contributed by atoms with Crippen molar-refractivity contribution in [1.82, 2.24) is 4.90 Å². The first-order valence-corrected chi connectivity index (χ1v) is 7.08. The number of rotatable bonds is 7. The first-order valence-electron chi connectivity index (χ1n) is 7.08. The van der Waals surface area contributed by atoms with Gasteiger partial charge in [-0.05, 0) is 25.0 Å². The van der Waals surface area contributed by atoms with Crippen molar-refractivity contribution in [3.8, 4) is 0 Å². The lowest BCUT2D eigenvalue weighted by Crippen LogP contribution is -2.34. The van der Waals surface area contributed by atoms with Crippen LogP contribution in [-0.2, 0) is 14.3 Å². The Bertz CT molecular complexity index is 588. The van der Waals surface area contributed by atoms with Gasteiger partial charge in [0.15, 0.2) is 5.78 Å². The van der Waals surface area contributed by atoms with E-state index in [1.54, 1.807) is 24.3 Å². The molecule has 6 nitrogen and oxygen atoms in total. The number of imide groups is 1. The Labute approximate surface area is 128 Å². The van der Waals surface area contributed by atoms with E-state index in [1.165, 1.54) is 7.11 Å². The molecule has 2 rings (SSSR count). The molecule has 0 radical (unpaired) electrons. The van der Waals surface area contributed by atoms with Gasteiger partial charge in [-0.1, -0.05) is 12.1 Å². The van der Waals surface area contributed by atoms with Crippen molar-refractivity contribution in [3.05, 3.63) is 35.4 Å². The standard InChI is InChI=1S/C16H17NO5/c1-22-14(19)9-5-2-6-11(18)10-17-15(20)12-7-3-4-8-13(12)16(17)21/h3-4,7-8H,2,5-6,9-10H2,1H3. The molecule has 0 unspecified atom stereocenters. The molecule has 22 heavy (non-hydrogen) atoms. The van der Waals surface area contributed by atoms with E-state index in [1.807, 2.05) is 0 Å². The molecule has 2 amide bonds. The third-order valence-electron chi connectivity index (χ3n) is 3.53. The number of carbonyl (C=O) groups excluding carboxylic acids is 4. The van der Waals surface area contributed by atoms with Crippen LogP contribution in [0.1, 0.15) is 46.4 Å². The molecule has 0 aromatic heterocycles. The van der Waals surface area contributed by atoms with Crippen molar-refractivity contribution in [2.24, 2.45) is 0 Å². The number of hydrogen-bond donors (Lipinski definition) is 0. The number of esters is 1. The minimum atomic E-state index is -0.427. The van der Waals surface area contributed by atoms with Gasteiger partial charge in [0.05, 0.1) is 24.8 Å². The number of benzene rings is 1. The zero-order chi connectivity index (χ0) is 16.1. The maximum Gasteiger partial charge on any atom is 0.305 e. The average molecular weight is 303 g/mol. The van der Waals surface area contributed by atoms with Crippen LogP contribution < -0.4 is 0 Å². The molecule has 0 saturated carbocycles. The Morgan fingerprint density at radius 2 is 1.55 bits per heavy atom. The zero-order valence-corrected chi connectivity index (χ0v) is 12.3. The lowest BCUT2D eigenvalue weighted by Gasteiger charge is -2.12. The Kier molecular flexibility index (Phi) is 5.04. The van der Waals surface area contributed by atoms with E-state index in [4.69, 9.17) is 0 Å². The van der Waals surface area contributed by atoms with Crippen LogP contribution in [0.2, 0.25) is 0 Å². The van der Waals surface area contributed by atoms with E-state index in [0.29, 0.717) is 24.0 Å². The molecule has 1 aromatic carbocycles. The van der Waals surface area contributed by atoms with E-state index in [-0.39, 0.29) is 31.1 Å². The molecule has 0 saturated heterocycles. The van der Waals surface area contributed by atoms with Crippen LogP contribution in [0.3, 0.4) is 0 Å². The van der Waals surface area contributed by atoms with Crippen molar-refractivity contribution in [2.45, 2.75) is 25.7 Å². The second-order valence-corrected chi connectivity index (χ2v) is 5.06. The number of ether oxygens (including phenoxy) is 1. The van der Waals surface area contributed by atoms with Crippen LogP contribution in [0, 0.1) is 0 Å². The van der Waals surface area contributed by atoms with Crippen molar-refractivity contribution >= 4 is 23.6 Å². The molecular formula is C16H17NO5. The lowest BCUT2D eigenvalue weighted by molar-refractivity contribution is -0.140. The topological polar surface area (TPSA) is 80.8 Å². The van der Waals surface area contributed by atoms with Gasteiger partial charge in [-0.15, -0.1) is 0 Å². The molecule has 1 aliphatic rings. The summed E-state index contributed by atoms with van der Waals surface area (Å²) in [5.41, 5.74) is 0.678. The summed E-state index contributed by atoms with van der Waals surface area (Å²) < 4.78 is 4.51. The minimum absolute atomic E-state index is 0.195. The number of nitrogens with zero attached hydrogens (tertiary/aromatic N) is 1. The van der Waals surface area contributed by atoms with Gasteiger partial charge in [0.2, 0.25) is 0 Å². The summed E-state index contributed by atoms with van der Waals surface area (Å²) in [4.78, 5) is 48.0. The largest absolute Gasteiger partial charge is 0.469 e. The van der Waals surface area contributed by atoms with Gasteiger partial charge in [-0.25, -0.2) is 0 Å². The van der Waals surface area contributed by atoms with E-state index < -0.39 is 11.8 Å². The SMILES string of the molecule is COC(=O)CCCCC(=O)CN1C(=O)c2ccccc2C1=O. The summed E-state index contributed by atoms with van der Waals surface area (Å²) in [6.45, 7) is -0.218. The highest BCUT2D eigenvalue weighted by atomic mass is 16.5. The molecule has 0 bridgehead atoms. The number of fused-ring (bicyclic) bond motifs is 1. The zero-order valence-electron chi connectivity index (χ0n) is 12.3. The summed E-state index contributed by atoms with van der Waals surface area (Å²) in [5, 5.41) is 0. The molecule has 1 aliphatic heterocycles. The van der Waals surface area contributed by atoms with E-state index in [2.05, 4.69) is 4.74 Å². The summed E-state index contributed by atoms with van der Waals surface area (Å²) in [7, 11) is 1.32. The summed E-state index contributed by atoms with van der Waals surface area (Å²) in [5.74, 6) is -1.36. The van der Waals surface area contributed by atoms with Crippen LogP contribution in [-0.4, -0.2) is 42.1 Å². The van der Waals surface area contributed by atoms with Crippen LogP contribution in [0.4, 0.5) is 0 Å². The van der Waals surface area contributed by atoms with Crippen molar-refractivity contribution in [3.63, 3.8) is 0 Å². The number of amides is 2. The molecule has 1 heterocycles. The molecule has 0 N–H and O–H groups in total. The lowest BCUT2D eigenvalue weighted by atomic mass is 10.1. The van der Waals surface area contributed by atoms with Gasteiger partial charge in [0.1, 0.15) is 0 Å². The monoisotopic (exact) mass is 303 g/mol. The molecule has 0 aliphatic carbocycles. The predicted molar refractivity (Wildman–Crippen MR) is 77.3 cm³/mol. The second kappa shape index (κ2) is 6.98. The number of unbranched alkanes of at least 4 members (excludes halogenated alkanes) is 1. The maximum absolute atomic E-state index is 12.1. The normalized spacial score (nSPS) is 13.2. The van der Waals surface area contributed by atoms with Gasteiger partial charge in [0.25, 0.3) is 11.8 Å². The number of ketones is 1. The summed E-state index contributed by atoms with van der Waals surface area (Å²) in [6.07, 6.45) is 1.55. The highest BCUT2D eigenvalue weighted by molar-refractivity contribution is 6.22. The molecular weight excluding hydrogens is 286 g/mol. The van der Waals surface area contributed by atoms with Crippen molar-refractivity contribution < 1.29 is 23.9 Å². The molecule has 0 spiro atoms. The fourth-order valence-corrected chi connectivity index (χ4v) is 2.33. The predicted octanol–water partition coefficient (Wildman–Crippen LogP) is 1.59. The maximum atomic E-state index is 12.1. The Morgan fingerprint density at radius 3 is 2.09 bits per heavy atom.